The number of nitrogens with one attached hydrogen (secondary N) is 1. The van der Waals surface area contributed by atoms with Crippen LogP contribution in [0.2, 0.25) is 5.02 Å². The molecule has 5 heteroatoms. The zero-order valence-corrected chi connectivity index (χ0v) is 11.5. The van der Waals surface area contributed by atoms with Crippen molar-refractivity contribution in [2.75, 3.05) is 32.1 Å². The zero-order valence-electron chi connectivity index (χ0n) is 10.8. The molecule has 0 spiro atoms. The number of nitrogens with two attached hydrogens (primary N) is 1. The van der Waals surface area contributed by atoms with Crippen LogP contribution in [0.5, 0.6) is 0 Å². The summed E-state index contributed by atoms with van der Waals surface area (Å²) in [5.41, 5.74) is 7.36. The van der Waals surface area contributed by atoms with Crippen LogP contribution in [0.1, 0.15) is 12.0 Å². The predicted octanol–water partition coefficient (Wildman–Crippen LogP) is 1.76. The third-order valence-corrected chi connectivity index (χ3v) is 3.72. The minimum Gasteiger partial charge on any atom is -0.384 e. The van der Waals surface area contributed by atoms with Crippen LogP contribution in [0.25, 0.3) is 0 Å². The number of nitrogens with zero attached hydrogens (tertiary/aromatic N) is 2. The minimum absolute atomic E-state index is 0.0926. The van der Waals surface area contributed by atoms with Crippen LogP contribution in [0, 0.1) is 5.41 Å². The molecule has 1 unspecified atom stereocenters. The smallest absolute Gasteiger partial charge is 0.124 e. The maximum atomic E-state index is 7.64. The molecule has 0 amide bonds. The number of nitrogen functional groups attached to an aromatic ring is 1. The van der Waals surface area contributed by atoms with Gasteiger partial charge in [-0.2, -0.15) is 0 Å². The highest BCUT2D eigenvalue weighted by molar-refractivity contribution is 6.31. The standard InChI is InChI=1S/C13H19ClN4/c1-17(2)10-5-6-18(8-10)12-7-9(14)3-4-11(12)13(15)16/h3-4,7,10H,5-6,8H2,1-2H3,(H3,15,16). The highest BCUT2D eigenvalue weighted by Crippen LogP contribution is 2.28. The largest absolute Gasteiger partial charge is 0.384 e. The first kappa shape index (κ1) is 13.2. The molecule has 3 N–H and O–H groups in total. The Hall–Kier alpha value is -1.26. The maximum Gasteiger partial charge on any atom is 0.124 e. The number of benzene rings is 1. The van der Waals surface area contributed by atoms with Crippen LogP contribution in [0.3, 0.4) is 0 Å². The van der Waals surface area contributed by atoms with Crippen molar-refractivity contribution in [2.45, 2.75) is 12.5 Å². The molecule has 1 heterocycles. The van der Waals surface area contributed by atoms with E-state index in [2.05, 4.69) is 23.9 Å². The SMILES string of the molecule is CN(C)C1CCN(c2cc(Cl)ccc2C(=N)N)C1. The fraction of sp³-hybridized carbons (Fsp3) is 0.462. The summed E-state index contributed by atoms with van der Waals surface area (Å²) in [6.07, 6.45) is 1.12. The molecule has 2 rings (SSSR count). The zero-order chi connectivity index (χ0) is 13.3. The summed E-state index contributed by atoms with van der Waals surface area (Å²) in [7, 11) is 4.19. The molecule has 0 aliphatic carbocycles. The van der Waals surface area contributed by atoms with Crippen molar-refractivity contribution in [2.24, 2.45) is 5.73 Å². The van der Waals surface area contributed by atoms with Gasteiger partial charge in [0.15, 0.2) is 0 Å². The molecular formula is C13H19ClN4. The van der Waals surface area contributed by atoms with Crippen LogP contribution in [0.15, 0.2) is 18.2 Å². The van der Waals surface area contributed by atoms with E-state index in [1.54, 1.807) is 6.07 Å². The van der Waals surface area contributed by atoms with E-state index in [9.17, 15) is 0 Å². The molecule has 0 aromatic heterocycles. The average molecular weight is 267 g/mol. The number of likely N-dealkylation sites (N-methyl/N-ethyl adjacent to an activating group) is 1. The normalized spacial score (nSPS) is 19.6. The lowest BCUT2D eigenvalue weighted by atomic mass is 10.1. The average Bonchev–Trinajstić information content (AvgIpc) is 2.77. The molecule has 1 saturated heterocycles. The van der Waals surface area contributed by atoms with Crippen LogP contribution in [0.4, 0.5) is 5.69 Å². The molecule has 0 saturated carbocycles. The lowest BCUT2D eigenvalue weighted by molar-refractivity contribution is 0.315. The first-order valence-corrected chi connectivity index (χ1v) is 6.42. The van der Waals surface area contributed by atoms with Crippen molar-refractivity contribution in [3.63, 3.8) is 0 Å². The van der Waals surface area contributed by atoms with Gasteiger partial charge in [0.2, 0.25) is 0 Å². The molecular weight excluding hydrogens is 248 g/mol. The number of hydrogen-bond acceptors (Lipinski definition) is 3. The second-order valence-corrected chi connectivity index (χ2v) is 5.36. The predicted molar refractivity (Wildman–Crippen MR) is 76.8 cm³/mol. The summed E-state index contributed by atoms with van der Waals surface area (Å²) in [6, 6.07) is 6.05. The van der Waals surface area contributed by atoms with E-state index in [-0.39, 0.29) is 5.84 Å². The Bertz CT molecular complexity index is 458. The van der Waals surface area contributed by atoms with E-state index >= 15 is 0 Å². The fourth-order valence-electron chi connectivity index (χ4n) is 2.38. The number of amidine groups is 1. The van der Waals surface area contributed by atoms with Crippen LogP contribution in [-0.4, -0.2) is 44.0 Å². The summed E-state index contributed by atoms with van der Waals surface area (Å²) in [5, 5.41) is 8.33. The number of anilines is 1. The van der Waals surface area contributed by atoms with Gasteiger partial charge in [-0.15, -0.1) is 0 Å². The van der Waals surface area contributed by atoms with Crippen molar-refractivity contribution in [1.29, 1.82) is 5.41 Å². The van der Waals surface area contributed by atoms with Gasteiger partial charge in [0, 0.05) is 35.4 Å². The van der Waals surface area contributed by atoms with E-state index in [0.29, 0.717) is 11.1 Å². The van der Waals surface area contributed by atoms with Crippen LogP contribution >= 0.6 is 11.6 Å². The molecule has 18 heavy (non-hydrogen) atoms. The molecule has 1 aromatic carbocycles. The monoisotopic (exact) mass is 266 g/mol. The highest BCUT2D eigenvalue weighted by Gasteiger charge is 2.26. The number of rotatable bonds is 3. The topological polar surface area (TPSA) is 56.4 Å². The quantitative estimate of drug-likeness (QED) is 0.648. The fourth-order valence-corrected chi connectivity index (χ4v) is 2.54. The van der Waals surface area contributed by atoms with Crippen molar-refractivity contribution in [3.8, 4) is 0 Å². The van der Waals surface area contributed by atoms with Gasteiger partial charge >= 0.3 is 0 Å². The Labute approximate surface area is 113 Å². The number of halogens is 1. The lowest BCUT2D eigenvalue weighted by Crippen LogP contribution is -2.32. The van der Waals surface area contributed by atoms with Crippen molar-refractivity contribution < 1.29 is 0 Å². The molecule has 98 valence electrons. The third kappa shape index (κ3) is 2.60. The van der Waals surface area contributed by atoms with Gasteiger partial charge in [-0.3, -0.25) is 5.41 Å². The van der Waals surface area contributed by atoms with Gasteiger partial charge in [0.05, 0.1) is 0 Å². The van der Waals surface area contributed by atoms with E-state index in [1.165, 1.54) is 0 Å². The molecule has 0 bridgehead atoms. The number of hydrogen-bond donors (Lipinski definition) is 2. The van der Waals surface area contributed by atoms with Gasteiger partial charge < -0.3 is 15.5 Å². The lowest BCUT2D eigenvalue weighted by Gasteiger charge is -2.24. The minimum atomic E-state index is 0.0926. The summed E-state index contributed by atoms with van der Waals surface area (Å²) >= 11 is 6.05. The van der Waals surface area contributed by atoms with Crippen molar-refractivity contribution in [3.05, 3.63) is 28.8 Å². The van der Waals surface area contributed by atoms with Gasteiger partial charge in [-0.1, -0.05) is 11.6 Å². The van der Waals surface area contributed by atoms with Gasteiger partial charge in [0.1, 0.15) is 5.84 Å². The Morgan fingerprint density at radius 2 is 2.22 bits per heavy atom. The molecule has 1 aromatic rings. The summed E-state index contributed by atoms with van der Waals surface area (Å²) in [4.78, 5) is 4.49. The Morgan fingerprint density at radius 1 is 1.50 bits per heavy atom. The van der Waals surface area contributed by atoms with Crippen molar-refractivity contribution >= 4 is 23.1 Å². The van der Waals surface area contributed by atoms with Crippen molar-refractivity contribution in [1.82, 2.24) is 4.90 Å². The Balaban J connectivity index is 2.28. The Morgan fingerprint density at radius 3 is 2.78 bits per heavy atom. The maximum absolute atomic E-state index is 7.64. The van der Waals surface area contributed by atoms with E-state index in [0.717, 1.165) is 30.8 Å². The molecule has 1 aliphatic rings. The van der Waals surface area contributed by atoms with E-state index in [1.807, 2.05) is 12.1 Å². The Kier molecular flexibility index (Phi) is 3.78. The first-order valence-electron chi connectivity index (χ1n) is 6.04. The summed E-state index contributed by atoms with van der Waals surface area (Å²) in [6.45, 7) is 1.93. The summed E-state index contributed by atoms with van der Waals surface area (Å²) < 4.78 is 0. The van der Waals surface area contributed by atoms with E-state index < -0.39 is 0 Å². The van der Waals surface area contributed by atoms with Gasteiger partial charge in [0.25, 0.3) is 0 Å². The molecule has 1 fully saturated rings. The second kappa shape index (κ2) is 5.16. The molecule has 4 nitrogen and oxygen atoms in total. The van der Waals surface area contributed by atoms with Crippen LogP contribution in [-0.2, 0) is 0 Å². The van der Waals surface area contributed by atoms with E-state index in [4.69, 9.17) is 22.7 Å². The second-order valence-electron chi connectivity index (χ2n) is 4.93. The van der Waals surface area contributed by atoms with Crippen LogP contribution < -0.4 is 10.6 Å². The van der Waals surface area contributed by atoms with Gasteiger partial charge in [-0.05, 0) is 38.7 Å². The highest BCUT2D eigenvalue weighted by atomic mass is 35.5. The molecule has 0 radical (unpaired) electrons. The first-order chi connectivity index (χ1) is 8.49. The summed E-state index contributed by atoms with van der Waals surface area (Å²) in [5.74, 6) is 0.0926. The third-order valence-electron chi connectivity index (χ3n) is 3.48. The van der Waals surface area contributed by atoms with Gasteiger partial charge in [-0.25, -0.2) is 0 Å². The molecule has 1 atom stereocenters. The molecule has 1 aliphatic heterocycles.